The molecule has 0 radical (unpaired) electrons. The summed E-state index contributed by atoms with van der Waals surface area (Å²) < 4.78 is 0. The van der Waals surface area contributed by atoms with Crippen molar-refractivity contribution in [3.8, 4) is 0 Å². The second-order valence-corrected chi connectivity index (χ2v) is 2.58. The molecule has 0 aliphatic carbocycles. The van der Waals surface area contributed by atoms with Crippen LogP contribution in [-0.2, 0) is 0 Å². The molecular weight excluding hydrogens is 284 g/mol. The predicted octanol–water partition coefficient (Wildman–Crippen LogP) is -1.13. The first kappa shape index (κ1) is 10.5. The lowest BCUT2D eigenvalue weighted by atomic mass is 10.3. The van der Waals surface area contributed by atoms with Crippen molar-refractivity contribution in [2.24, 2.45) is 0 Å². The summed E-state index contributed by atoms with van der Waals surface area (Å²) in [5.41, 5.74) is 4.43. The molecule has 0 spiro atoms. The van der Waals surface area contributed by atoms with E-state index in [1.54, 1.807) is 18.2 Å². The maximum atomic E-state index is 5.66. The molecule has 1 aromatic carbocycles. The third kappa shape index (κ3) is 2.62. The molecule has 0 saturated heterocycles. The van der Waals surface area contributed by atoms with Crippen LogP contribution in [0, 0.1) is 0 Å². The molecule has 1 aromatic rings. The van der Waals surface area contributed by atoms with Crippen LogP contribution in [0.2, 0.25) is 10.0 Å². The van der Waals surface area contributed by atoms with Gasteiger partial charge in [-0.05, 0) is 12.1 Å². The van der Waals surface area contributed by atoms with Crippen molar-refractivity contribution >= 4 is 28.9 Å². The zero-order chi connectivity index (χ0) is 6.85. The molecule has 0 aliphatic heterocycles. The summed E-state index contributed by atoms with van der Waals surface area (Å²) in [5.74, 6) is 0. The van der Waals surface area contributed by atoms with E-state index in [-0.39, 0.29) is 24.0 Å². The van der Waals surface area contributed by atoms with E-state index in [1.807, 2.05) is 0 Å². The standard InChI is InChI=1S/C6H5Cl2N.HI/c7-4-1-2-5(8)6(9)3-4;/h1-3H,9H2;1H. The van der Waals surface area contributed by atoms with E-state index in [2.05, 4.69) is 5.73 Å². The Labute approximate surface area is 86.5 Å². The lowest BCUT2D eigenvalue weighted by Gasteiger charge is -1.91. The van der Waals surface area contributed by atoms with Crippen molar-refractivity contribution < 1.29 is 29.7 Å². The average Bonchev–Trinajstić information content (AvgIpc) is 1.80. The summed E-state index contributed by atoms with van der Waals surface area (Å²) in [7, 11) is 0. The van der Waals surface area contributed by atoms with E-state index >= 15 is 0 Å². The lowest BCUT2D eigenvalue weighted by Crippen LogP contribution is -3.00. The first-order valence-electron chi connectivity index (χ1n) is 2.47. The fourth-order valence-corrected chi connectivity index (χ4v) is 0.856. The Bertz CT molecular complexity index is 227. The molecule has 0 atom stereocenters. The third-order valence-electron chi connectivity index (χ3n) is 1.01. The normalized spacial score (nSPS) is 8.70. The van der Waals surface area contributed by atoms with E-state index in [1.165, 1.54) is 0 Å². The molecule has 0 heterocycles. The highest BCUT2D eigenvalue weighted by molar-refractivity contribution is 6.34. The zero-order valence-electron chi connectivity index (χ0n) is 5.07. The first-order chi connectivity index (χ1) is 4.20. The van der Waals surface area contributed by atoms with Crippen molar-refractivity contribution in [2.45, 2.75) is 0 Å². The van der Waals surface area contributed by atoms with Crippen LogP contribution in [0.1, 0.15) is 0 Å². The summed E-state index contributed by atoms with van der Waals surface area (Å²) in [6.45, 7) is 0. The highest BCUT2D eigenvalue weighted by atomic mass is 127. The Hall–Kier alpha value is 0.490. The molecule has 0 amide bonds. The monoisotopic (exact) mass is 289 g/mol. The van der Waals surface area contributed by atoms with Crippen LogP contribution < -0.4 is 29.7 Å². The Morgan fingerprint density at radius 2 is 1.80 bits per heavy atom. The van der Waals surface area contributed by atoms with Gasteiger partial charge in [0, 0.05) is 11.1 Å². The van der Waals surface area contributed by atoms with Gasteiger partial charge in [0.15, 0.2) is 0 Å². The van der Waals surface area contributed by atoms with Gasteiger partial charge in [-0.2, -0.15) is 0 Å². The van der Waals surface area contributed by atoms with Crippen LogP contribution in [0.3, 0.4) is 0 Å². The van der Waals surface area contributed by atoms with Crippen LogP contribution in [0.15, 0.2) is 18.2 Å². The number of benzene rings is 1. The minimum Gasteiger partial charge on any atom is -1.00 e. The number of halogens is 3. The smallest absolute Gasteiger partial charge is 0.148 e. The molecule has 0 bridgehead atoms. The summed E-state index contributed by atoms with van der Waals surface area (Å²) in [4.78, 5) is 0. The molecule has 0 unspecified atom stereocenters. The molecule has 1 rings (SSSR count). The maximum absolute atomic E-state index is 5.66. The number of rotatable bonds is 0. The minimum atomic E-state index is 0. The molecule has 0 aliphatic rings. The summed E-state index contributed by atoms with van der Waals surface area (Å²) in [6, 6.07) is 5.19. The largest absolute Gasteiger partial charge is 1.00 e. The second-order valence-electron chi connectivity index (χ2n) is 1.74. The van der Waals surface area contributed by atoms with Crippen LogP contribution in [0.5, 0.6) is 0 Å². The minimum absolute atomic E-state index is 0. The van der Waals surface area contributed by atoms with Crippen molar-refractivity contribution in [3.05, 3.63) is 28.2 Å². The van der Waals surface area contributed by atoms with Crippen LogP contribution in [-0.4, -0.2) is 0 Å². The quantitative estimate of drug-likeness (QED) is 0.586. The summed E-state index contributed by atoms with van der Waals surface area (Å²) >= 11 is 11.3. The van der Waals surface area contributed by atoms with Gasteiger partial charge in [0.1, 0.15) is 10.7 Å². The number of quaternary nitrogens is 1. The highest BCUT2D eigenvalue weighted by Gasteiger charge is 1.97. The predicted molar refractivity (Wildman–Crippen MR) is 39.0 cm³/mol. The highest BCUT2D eigenvalue weighted by Crippen LogP contribution is 2.20. The fourth-order valence-electron chi connectivity index (χ4n) is 0.543. The van der Waals surface area contributed by atoms with E-state index in [0.29, 0.717) is 10.0 Å². The van der Waals surface area contributed by atoms with E-state index in [4.69, 9.17) is 23.2 Å². The first-order valence-corrected chi connectivity index (χ1v) is 3.23. The SMILES string of the molecule is [I-].[NH3+]c1cc(Cl)ccc1Cl. The third-order valence-corrected chi connectivity index (χ3v) is 1.61. The number of hydrogen-bond donors (Lipinski definition) is 1. The van der Waals surface area contributed by atoms with Crippen LogP contribution >= 0.6 is 23.2 Å². The van der Waals surface area contributed by atoms with Crippen molar-refractivity contribution in [2.75, 3.05) is 0 Å². The van der Waals surface area contributed by atoms with Crippen molar-refractivity contribution in [1.82, 2.24) is 0 Å². The molecule has 0 fully saturated rings. The summed E-state index contributed by atoms with van der Waals surface area (Å²) in [6.07, 6.45) is 0. The van der Waals surface area contributed by atoms with Gasteiger partial charge in [0.05, 0.1) is 0 Å². The van der Waals surface area contributed by atoms with Gasteiger partial charge in [-0.3, -0.25) is 0 Å². The van der Waals surface area contributed by atoms with Gasteiger partial charge in [0.2, 0.25) is 0 Å². The van der Waals surface area contributed by atoms with Gasteiger partial charge in [-0.1, -0.05) is 23.2 Å². The topological polar surface area (TPSA) is 27.6 Å². The van der Waals surface area contributed by atoms with E-state index < -0.39 is 0 Å². The molecule has 10 heavy (non-hydrogen) atoms. The Balaban J connectivity index is 0.000000810. The lowest BCUT2D eigenvalue weighted by molar-refractivity contribution is -0.254. The van der Waals surface area contributed by atoms with E-state index in [9.17, 15) is 0 Å². The number of hydrogen-bond acceptors (Lipinski definition) is 0. The van der Waals surface area contributed by atoms with Gasteiger partial charge >= 0.3 is 0 Å². The molecule has 1 nitrogen and oxygen atoms in total. The zero-order valence-corrected chi connectivity index (χ0v) is 8.74. The molecular formula is C6H6Cl2IN. The fraction of sp³-hybridized carbons (Fsp3) is 0. The average molecular weight is 290 g/mol. The molecule has 4 heteroatoms. The molecule has 56 valence electrons. The van der Waals surface area contributed by atoms with Gasteiger partial charge < -0.3 is 29.7 Å². The molecule has 3 N–H and O–H groups in total. The van der Waals surface area contributed by atoms with Crippen LogP contribution in [0.25, 0.3) is 0 Å². The van der Waals surface area contributed by atoms with Crippen LogP contribution in [0.4, 0.5) is 5.69 Å². The Morgan fingerprint density at radius 1 is 1.20 bits per heavy atom. The van der Waals surface area contributed by atoms with Crippen molar-refractivity contribution in [1.29, 1.82) is 0 Å². The van der Waals surface area contributed by atoms with Crippen molar-refractivity contribution in [3.63, 3.8) is 0 Å². The van der Waals surface area contributed by atoms with Gasteiger partial charge in [-0.15, -0.1) is 0 Å². The van der Waals surface area contributed by atoms with Gasteiger partial charge in [0.25, 0.3) is 0 Å². The second kappa shape index (κ2) is 4.38. The summed E-state index contributed by atoms with van der Waals surface area (Å²) in [5, 5.41) is 1.32. The molecule has 0 saturated carbocycles. The molecule has 0 aromatic heterocycles. The maximum Gasteiger partial charge on any atom is 0.148 e. The van der Waals surface area contributed by atoms with E-state index in [0.717, 1.165) is 5.69 Å². The van der Waals surface area contributed by atoms with Gasteiger partial charge in [-0.25, -0.2) is 0 Å². The Morgan fingerprint density at radius 3 is 2.20 bits per heavy atom. The Kier molecular flexibility index (Phi) is 4.60.